The van der Waals surface area contributed by atoms with E-state index in [9.17, 15) is 9.90 Å². The van der Waals surface area contributed by atoms with Crippen molar-refractivity contribution in [1.29, 1.82) is 0 Å². The second kappa shape index (κ2) is 18.5. The Morgan fingerprint density at radius 1 is 0.880 bits per heavy atom. The summed E-state index contributed by atoms with van der Waals surface area (Å²) in [6.45, 7) is 2.22. The predicted octanol–water partition coefficient (Wildman–Crippen LogP) is 5.74. The molecule has 0 bridgehead atoms. The molecule has 2 N–H and O–H groups in total. The lowest BCUT2D eigenvalue weighted by Crippen LogP contribution is -1.98. The molecule has 0 radical (unpaired) electrons. The van der Waals surface area contributed by atoms with Crippen LogP contribution in [0.2, 0.25) is 0 Å². The minimum absolute atomic E-state index is 0.137. The fraction of sp³-hybridized carbons (Fsp3) is 0.500. The summed E-state index contributed by atoms with van der Waals surface area (Å²) in [7, 11) is 0. The Balaban J connectivity index is 3.65. The van der Waals surface area contributed by atoms with Crippen molar-refractivity contribution in [3.05, 3.63) is 60.8 Å². The van der Waals surface area contributed by atoms with Gasteiger partial charge in [-0.1, -0.05) is 80.5 Å². The predicted molar refractivity (Wildman–Crippen MR) is 107 cm³/mol. The molecule has 0 rings (SSSR count). The van der Waals surface area contributed by atoms with E-state index in [1.807, 2.05) is 6.08 Å². The minimum Gasteiger partial charge on any atom is -0.481 e. The molecule has 0 fully saturated rings. The standard InChI is InChI=1S/C22H34O3/c1-2-3-4-5-6-7-8-9-10-11-12-15-18-21(23)19-16-13-14-17-20-22(24)25/h6-7,9-10,12-16,19,21,23H,2-5,8,11,17-18,20H2,1H3,(H,24,25)/b7-6-,10-9-,14-13-,15-12-,19-16+. The van der Waals surface area contributed by atoms with Gasteiger partial charge in [-0.05, 0) is 38.5 Å². The topological polar surface area (TPSA) is 57.5 Å². The lowest BCUT2D eigenvalue weighted by molar-refractivity contribution is -0.136. The van der Waals surface area contributed by atoms with Gasteiger partial charge in [0.2, 0.25) is 0 Å². The monoisotopic (exact) mass is 346 g/mol. The summed E-state index contributed by atoms with van der Waals surface area (Å²) < 4.78 is 0. The van der Waals surface area contributed by atoms with Gasteiger partial charge in [-0.3, -0.25) is 4.79 Å². The summed E-state index contributed by atoms with van der Waals surface area (Å²) in [5, 5.41) is 18.3. The molecule has 3 heteroatoms. The molecular weight excluding hydrogens is 312 g/mol. The van der Waals surface area contributed by atoms with Crippen molar-refractivity contribution in [2.24, 2.45) is 0 Å². The Morgan fingerprint density at radius 3 is 2.24 bits per heavy atom. The molecule has 0 spiro atoms. The van der Waals surface area contributed by atoms with Crippen LogP contribution in [0.4, 0.5) is 0 Å². The summed E-state index contributed by atoms with van der Waals surface area (Å²) in [5.41, 5.74) is 0. The molecule has 1 atom stereocenters. The molecule has 0 heterocycles. The molecule has 140 valence electrons. The molecule has 25 heavy (non-hydrogen) atoms. The first kappa shape index (κ1) is 23.1. The molecule has 0 aromatic carbocycles. The number of aliphatic carboxylic acids is 1. The molecule has 0 saturated heterocycles. The zero-order valence-electron chi connectivity index (χ0n) is 15.5. The van der Waals surface area contributed by atoms with E-state index in [0.717, 1.165) is 12.8 Å². The first-order valence-electron chi connectivity index (χ1n) is 9.35. The number of allylic oxidation sites excluding steroid dienone is 8. The summed E-state index contributed by atoms with van der Waals surface area (Å²) in [5.74, 6) is -0.796. The molecule has 0 aliphatic heterocycles. The lowest BCUT2D eigenvalue weighted by Gasteiger charge is -1.98. The molecule has 0 aromatic rings. The van der Waals surface area contributed by atoms with E-state index in [2.05, 4.69) is 37.3 Å². The maximum atomic E-state index is 10.3. The van der Waals surface area contributed by atoms with Crippen molar-refractivity contribution in [2.45, 2.75) is 70.8 Å². The van der Waals surface area contributed by atoms with Crippen LogP contribution in [-0.2, 0) is 4.79 Å². The second-order valence-corrected chi connectivity index (χ2v) is 5.93. The van der Waals surface area contributed by atoms with Crippen LogP contribution >= 0.6 is 0 Å². The molecule has 3 nitrogen and oxygen atoms in total. The molecule has 0 aromatic heterocycles. The summed E-state index contributed by atoms with van der Waals surface area (Å²) in [6.07, 6.45) is 27.5. The molecule has 0 aliphatic rings. The largest absolute Gasteiger partial charge is 0.481 e. The third-order valence-corrected chi connectivity index (χ3v) is 3.50. The number of aliphatic hydroxyl groups is 1. The first-order valence-corrected chi connectivity index (χ1v) is 9.35. The van der Waals surface area contributed by atoms with Crippen LogP contribution in [0.1, 0.15) is 64.7 Å². The average molecular weight is 347 g/mol. The number of carbonyl (C=O) groups is 1. The summed E-state index contributed by atoms with van der Waals surface area (Å²) >= 11 is 0. The van der Waals surface area contributed by atoms with Gasteiger partial charge in [0.05, 0.1) is 6.10 Å². The average Bonchev–Trinajstić information content (AvgIpc) is 2.58. The van der Waals surface area contributed by atoms with Gasteiger partial charge in [-0.2, -0.15) is 0 Å². The van der Waals surface area contributed by atoms with Gasteiger partial charge in [0, 0.05) is 6.42 Å². The van der Waals surface area contributed by atoms with Crippen molar-refractivity contribution in [2.75, 3.05) is 0 Å². The number of hydrogen-bond acceptors (Lipinski definition) is 2. The van der Waals surface area contributed by atoms with E-state index in [1.54, 1.807) is 24.3 Å². The fourth-order valence-electron chi connectivity index (χ4n) is 2.06. The number of rotatable bonds is 15. The number of unbranched alkanes of at least 4 members (excludes halogenated alkanes) is 3. The first-order chi connectivity index (χ1) is 12.2. The third-order valence-electron chi connectivity index (χ3n) is 3.50. The highest BCUT2D eigenvalue weighted by atomic mass is 16.4. The number of hydrogen-bond donors (Lipinski definition) is 2. The quantitative estimate of drug-likeness (QED) is 0.226. The van der Waals surface area contributed by atoms with Gasteiger partial charge in [-0.25, -0.2) is 0 Å². The Kier molecular flexibility index (Phi) is 17.1. The van der Waals surface area contributed by atoms with Gasteiger partial charge >= 0.3 is 5.97 Å². The van der Waals surface area contributed by atoms with Crippen molar-refractivity contribution < 1.29 is 15.0 Å². The molecule has 0 aliphatic carbocycles. The fourth-order valence-corrected chi connectivity index (χ4v) is 2.06. The third kappa shape index (κ3) is 20.1. The summed E-state index contributed by atoms with van der Waals surface area (Å²) in [4.78, 5) is 10.3. The maximum absolute atomic E-state index is 10.3. The normalized spacial score (nSPS) is 14.0. The van der Waals surface area contributed by atoms with Crippen molar-refractivity contribution >= 4 is 5.97 Å². The Labute approximate surface area is 153 Å². The smallest absolute Gasteiger partial charge is 0.303 e. The van der Waals surface area contributed by atoms with E-state index in [1.165, 1.54) is 25.7 Å². The van der Waals surface area contributed by atoms with Crippen LogP contribution in [0.5, 0.6) is 0 Å². The van der Waals surface area contributed by atoms with Crippen molar-refractivity contribution in [1.82, 2.24) is 0 Å². The van der Waals surface area contributed by atoms with E-state index < -0.39 is 12.1 Å². The second-order valence-electron chi connectivity index (χ2n) is 5.93. The van der Waals surface area contributed by atoms with E-state index in [0.29, 0.717) is 12.8 Å². The Bertz CT molecular complexity index is 456. The van der Waals surface area contributed by atoms with E-state index in [-0.39, 0.29) is 6.42 Å². The van der Waals surface area contributed by atoms with Crippen LogP contribution in [0.3, 0.4) is 0 Å². The number of aliphatic hydroxyl groups excluding tert-OH is 1. The molecular formula is C22H34O3. The molecule has 0 saturated carbocycles. The van der Waals surface area contributed by atoms with Gasteiger partial charge < -0.3 is 10.2 Å². The van der Waals surface area contributed by atoms with Crippen LogP contribution in [-0.4, -0.2) is 22.3 Å². The van der Waals surface area contributed by atoms with Crippen molar-refractivity contribution in [3.63, 3.8) is 0 Å². The van der Waals surface area contributed by atoms with Gasteiger partial charge in [-0.15, -0.1) is 0 Å². The van der Waals surface area contributed by atoms with Crippen molar-refractivity contribution in [3.8, 4) is 0 Å². The Hall–Kier alpha value is -1.87. The highest BCUT2D eigenvalue weighted by molar-refractivity contribution is 5.66. The maximum Gasteiger partial charge on any atom is 0.303 e. The lowest BCUT2D eigenvalue weighted by atomic mass is 10.2. The zero-order valence-corrected chi connectivity index (χ0v) is 15.5. The summed E-state index contributed by atoms with van der Waals surface area (Å²) in [6, 6.07) is 0. The highest BCUT2D eigenvalue weighted by Crippen LogP contribution is 2.01. The van der Waals surface area contributed by atoms with Gasteiger partial charge in [0.1, 0.15) is 0 Å². The van der Waals surface area contributed by atoms with Crippen LogP contribution < -0.4 is 0 Å². The SMILES string of the molecule is CCCCC/C=C\C/C=C\C/C=C\CC(O)/C=C/C=C\CCC(=O)O. The highest BCUT2D eigenvalue weighted by Gasteiger charge is 1.93. The minimum atomic E-state index is -0.796. The molecule has 0 amide bonds. The molecule has 1 unspecified atom stereocenters. The Morgan fingerprint density at radius 2 is 1.56 bits per heavy atom. The van der Waals surface area contributed by atoms with E-state index >= 15 is 0 Å². The zero-order chi connectivity index (χ0) is 18.6. The number of carboxylic acids is 1. The van der Waals surface area contributed by atoms with Gasteiger partial charge in [0.15, 0.2) is 0 Å². The van der Waals surface area contributed by atoms with Crippen LogP contribution in [0, 0.1) is 0 Å². The van der Waals surface area contributed by atoms with E-state index in [4.69, 9.17) is 5.11 Å². The van der Waals surface area contributed by atoms with Crippen LogP contribution in [0.25, 0.3) is 0 Å². The van der Waals surface area contributed by atoms with Gasteiger partial charge in [0.25, 0.3) is 0 Å². The van der Waals surface area contributed by atoms with Crippen LogP contribution in [0.15, 0.2) is 60.8 Å². The number of carboxylic acid groups (broad SMARTS) is 1.